The third kappa shape index (κ3) is 7.15. The van der Waals surface area contributed by atoms with Crippen LogP contribution < -0.4 is 19.6 Å². The molecule has 0 radical (unpaired) electrons. The first-order chi connectivity index (χ1) is 21.6. The summed E-state index contributed by atoms with van der Waals surface area (Å²) in [5.74, 6) is -0.175. The maximum absolute atomic E-state index is 13.9. The second-order valence-electron chi connectivity index (χ2n) is 10.2. The lowest BCUT2D eigenvalue weighted by Crippen LogP contribution is -2.39. The molecule has 0 amide bonds. The Morgan fingerprint density at radius 1 is 1.00 bits per heavy atom. The second-order valence-corrected chi connectivity index (χ2v) is 13.3. The van der Waals surface area contributed by atoms with Gasteiger partial charge in [0.15, 0.2) is 4.80 Å². The molecule has 0 saturated heterocycles. The lowest BCUT2D eigenvalue weighted by Gasteiger charge is -2.24. The van der Waals surface area contributed by atoms with E-state index in [1.54, 1.807) is 37.5 Å². The zero-order valence-electron chi connectivity index (χ0n) is 25.1. The number of aryl methyl sites for hydroxylation is 1. The fourth-order valence-electron chi connectivity index (χ4n) is 4.91. The zero-order valence-corrected chi connectivity index (χ0v) is 29.6. The molecule has 5 rings (SSSR count). The van der Waals surface area contributed by atoms with Gasteiger partial charge in [0.2, 0.25) is 0 Å². The molecule has 3 aromatic carbocycles. The van der Waals surface area contributed by atoms with E-state index in [-0.39, 0.29) is 18.1 Å². The average Bonchev–Trinajstić information content (AvgIpc) is 3.30. The molecule has 0 unspecified atom stereocenters. The van der Waals surface area contributed by atoms with Crippen LogP contribution in [0, 0.1) is 10.5 Å². The van der Waals surface area contributed by atoms with E-state index in [0.29, 0.717) is 45.1 Å². The maximum Gasteiger partial charge on any atom is 0.338 e. The Bertz CT molecular complexity index is 1960. The molecule has 1 aromatic heterocycles. The Kier molecular flexibility index (Phi) is 10.4. The van der Waals surface area contributed by atoms with E-state index in [4.69, 9.17) is 14.2 Å². The number of fused-ring (bicyclic) bond motifs is 1. The van der Waals surface area contributed by atoms with Gasteiger partial charge in [-0.05, 0) is 113 Å². The molecule has 0 fully saturated rings. The number of nitrogens with zero attached hydrogens (tertiary/aromatic N) is 2. The van der Waals surface area contributed by atoms with E-state index in [9.17, 15) is 14.4 Å². The smallest absolute Gasteiger partial charge is 0.338 e. The number of aromatic nitrogens is 1. The first kappa shape index (κ1) is 32.8. The van der Waals surface area contributed by atoms with Crippen LogP contribution in [-0.4, -0.2) is 29.7 Å². The van der Waals surface area contributed by atoms with Gasteiger partial charge in [-0.1, -0.05) is 53.3 Å². The number of hydrogen-bond donors (Lipinski definition) is 0. The molecular weight excluding hydrogens is 771 g/mol. The van der Waals surface area contributed by atoms with E-state index < -0.39 is 12.0 Å². The molecule has 8 nitrogen and oxygen atoms in total. The quantitative estimate of drug-likeness (QED) is 0.147. The van der Waals surface area contributed by atoms with Gasteiger partial charge in [-0.2, -0.15) is 0 Å². The maximum atomic E-state index is 13.9. The summed E-state index contributed by atoms with van der Waals surface area (Å²) in [7, 11) is 0. The summed E-state index contributed by atoms with van der Waals surface area (Å²) in [6.45, 7) is 8.13. The summed E-state index contributed by atoms with van der Waals surface area (Å²) >= 11 is 7.12. The minimum Gasteiger partial charge on any atom is -0.487 e. The van der Waals surface area contributed by atoms with Crippen molar-refractivity contribution in [3.05, 3.63) is 127 Å². The number of halogens is 2. The van der Waals surface area contributed by atoms with Crippen LogP contribution in [0.15, 0.2) is 86.2 Å². The van der Waals surface area contributed by atoms with E-state index in [2.05, 4.69) is 43.5 Å². The standard InChI is InChI=1S/C34H30BrIN2O6S/c1-5-42-32(40)24-13-9-21(10-14-24)18-44-30-25(35)15-22(16-26(30)36)17-27-31(39)38-29(23-11-7-19(3)8-12-23)28(33(41)43-6-2)20(4)37-34(38)45-27/h7-17,29H,5-6,18H2,1-4H3/b27-17-/t29-/m0/s1. The first-order valence-corrected chi connectivity index (χ1v) is 16.9. The van der Waals surface area contributed by atoms with Crippen molar-refractivity contribution in [3.63, 3.8) is 0 Å². The molecule has 232 valence electrons. The van der Waals surface area contributed by atoms with Crippen LogP contribution in [0.2, 0.25) is 0 Å². The van der Waals surface area contributed by atoms with Crippen LogP contribution in [-0.2, 0) is 20.9 Å². The summed E-state index contributed by atoms with van der Waals surface area (Å²) < 4.78 is 20.2. The Labute approximate surface area is 286 Å². The molecule has 4 aromatic rings. The monoisotopic (exact) mass is 800 g/mol. The van der Waals surface area contributed by atoms with Crippen LogP contribution in [0.3, 0.4) is 0 Å². The number of rotatable bonds is 9. The van der Waals surface area contributed by atoms with Gasteiger partial charge in [0.1, 0.15) is 12.4 Å². The molecule has 0 aliphatic carbocycles. The lowest BCUT2D eigenvalue weighted by molar-refractivity contribution is -0.139. The van der Waals surface area contributed by atoms with Gasteiger partial charge in [-0.3, -0.25) is 9.36 Å². The molecule has 1 aliphatic heterocycles. The van der Waals surface area contributed by atoms with Crippen molar-refractivity contribution in [2.75, 3.05) is 13.2 Å². The molecule has 2 heterocycles. The largest absolute Gasteiger partial charge is 0.487 e. The SMILES string of the molecule is CCOC(=O)C1=C(C)N=c2s/c(=C\c3cc(Br)c(OCc4ccc(C(=O)OCC)cc4)c(I)c3)c(=O)n2[C@H]1c1ccc(C)cc1. The zero-order chi connectivity index (χ0) is 32.2. The highest BCUT2D eigenvalue weighted by atomic mass is 127. The van der Waals surface area contributed by atoms with Crippen molar-refractivity contribution in [2.24, 2.45) is 4.99 Å². The van der Waals surface area contributed by atoms with Crippen molar-refractivity contribution in [1.82, 2.24) is 4.57 Å². The summed E-state index contributed by atoms with van der Waals surface area (Å²) in [5, 5.41) is 0. The summed E-state index contributed by atoms with van der Waals surface area (Å²) in [5.41, 5.74) is 4.71. The molecule has 0 bridgehead atoms. The van der Waals surface area contributed by atoms with Gasteiger partial charge in [-0.25, -0.2) is 14.6 Å². The van der Waals surface area contributed by atoms with Crippen LogP contribution in [0.1, 0.15) is 59.4 Å². The molecule has 0 N–H and O–H groups in total. The van der Waals surface area contributed by atoms with Gasteiger partial charge in [0.25, 0.3) is 5.56 Å². The van der Waals surface area contributed by atoms with Crippen LogP contribution in [0.5, 0.6) is 5.75 Å². The predicted octanol–water partition coefficient (Wildman–Crippen LogP) is 6.23. The number of carbonyl (C=O) groups excluding carboxylic acids is 2. The van der Waals surface area contributed by atoms with Crippen molar-refractivity contribution >= 4 is 67.9 Å². The van der Waals surface area contributed by atoms with E-state index >= 15 is 0 Å². The van der Waals surface area contributed by atoms with Crippen LogP contribution in [0.25, 0.3) is 6.08 Å². The Morgan fingerprint density at radius 3 is 2.31 bits per heavy atom. The van der Waals surface area contributed by atoms with Crippen molar-refractivity contribution < 1.29 is 23.8 Å². The Hall–Kier alpha value is -3.55. The molecule has 1 aliphatic rings. The third-order valence-electron chi connectivity index (χ3n) is 7.08. The summed E-state index contributed by atoms with van der Waals surface area (Å²) in [6, 6.07) is 18.1. The predicted molar refractivity (Wildman–Crippen MR) is 185 cm³/mol. The van der Waals surface area contributed by atoms with Gasteiger partial charge >= 0.3 is 11.9 Å². The summed E-state index contributed by atoms with van der Waals surface area (Å²) in [4.78, 5) is 44.1. The number of allylic oxidation sites excluding steroid dienone is 1. The van der Waals surface area contributed by atoms with Crippen LogP contribution in [0.4, 0.5) is 0 Å². The highest BCUT2D eigenvalue weighted by Gasteiger charge is 2.33. The van der Waals surface area contributed by atoms with E-state index in [1.165, 1.54) is 11.3 Å². The van der Waals surface area contributed by atoms with Crippen LogP contribution >= 0.6 is 49.9 Å². The number of esters is 2. The van der Waals surface area contributed by atoms with Gasteiger partial charge in [-0.15, -0.1) is 0 Å². The van der Waals surface area contributed by atoms with E-state index in [1.807, 2.05) is 61.5 Å². The topological polar surface area (TPSA) is 96.2 Å². The fourth-order valence-corrected chi connectivity index (χ4v) is 7.73. The minimum atomic E-state index is -0.656. The molecule has 45 heavy (non-hydrogen) atoms. The minimum absolute atomic E-state index is 0.218. The first-order valence-electron chi connectivity index (χ1n) is 14.2. The Balaban J connectivity index is 1.46. The molecule has 11 heteroatoms. The van der Waals surface area contributed by atoms with Crippen molar-refractivity contribution in [3.8, 4) is 5.75 Å². The molecule has 1 atom stereocenters. The second kappa shape index (κ2) is 14.3. The highest BCUT2D eigenvalue weighted by molar-refractivity contribution is 14.1. The molecule has 0 spiro atoms. The third-order valence-corrected chi connectivity index (χ3v) is 9.45. The van der Waals surface area contributed by atoms with E-state index in [0.717, 1.165) is 30.3 Å². The summed E-state index contributed by atoms with van der Waals surface area (Å²) in [6.07, 6.45) is 1.82. The number of benzene rings is 3. The lowest BCUT2D eigenvalue weighted by atomic mass is 9.95. The molecule has 0 saturated carbocycles. The van der Waals surface area contributed by atoms with Gasteiger partial charge in [0.05, 0.1) is 48.7 Å². The molecular formula is C34H30BrIN2O6S. The number of hydrogen-bond acceptors (Lipinski definition) is 8. The number of thiazole rings is 1. The number of carbonyl (C=O) groups is 2. The van der Waals surface area contributed by atoms with Crippen molar-refractivity contribution in [1.29, 1.82) is 0 Å². The Morgan fingerprint density at radius 2 is 1.67 bits per heavy atom. The fraction of sp³-hybridized carbons (Fsp3) is 0.235. The highest BCUT2D eigenvalue weighted by Crippen LogP contribution is 2.33. The average molecular weight is 801 g/mol. The van der Waals surface area contributed by atoms with Gasteiger partial charge in [0, 0.05) is 0 Å². The number of ether oxygens (including phenoxy) is 3. The van der Waals surface area contributed by atoms with Crippen molar-refractivity contribution in [2.45, 2.75) is 40.3 Å². The van der Waals surface area contributed by atoms with Gasteiger partial charge < -0.3 is 14.2 Å². The normalized spacial score (nSPS) is 14.5.